The summed E-state index contributed by atoms with van der Waals surface area (Å²) in [6, 6.07) is 7.20. The zero-order valence-corrected chi connectivity index (χ0v) is 12.1. The van der Waals surface area contributed by atoms with Crippen LogP contribution >= 0.6 is 0 Å². The number of aliphatic hydroxyl groups excluding tert-OH is 1. The number of ether oxygens (including phenoxy) is 1. The van der Waals surface area contributed by atoms with Gasteiger partial charge in [-0.05, 0) is 24.1 Å². The van der Waals surface area contributed by atoms with Gasteiger partial charge in [0.2, 0.25) is 5.91 Å². The highest BCUT2D eigenvalue weighted by molar-refractivity contribution is 5.81. The van der Waals surface area contributed by atoms with Crippen LogP contribution in [0.4, 0.5) is 0 Å². The van der Waals surface area contributed by atoms with E-state index in [1.54, 1.807) is 13.2 Å². The number of hydrogen-bond donors (Lipinski definition) is 2. The number of carbonyl (C=O) groups is 1. The first-order valence-corrected chi connectivity index (χ1v) is 6.51. The van der Waals surface area contributed by atoms with Crippen LogP contribution in [-0.4, -0.2) is 24.7 Å². The summed E-state index contributed by atoms with van der Waals surface area (Å²) < 4.78 is 5.10. The van der Waals surface area contributed by atoms with Crippen LogP contribution in [-0.2, 0) is 4.79 Å². The normalized spacial score (nSPS) is 12.9. The average molecular weight is 265 g/mol. The number of benzene rings is 1. The van der Waals surface area contributed by atoms with E-state index >= 15 is 0 Å². The van der Waals surface area contributed by atoms with Crippen molar-refractivity contribution in [3.05, 3.63) is 29.8 Å². The zero-order valence-electron chi connectivity index (χ0n) is 12.1. The van der Waals surface area contributed by atoms with Crippen molar-refractivity contribution in [2.45, 2.75) is 33.3 Å². The minimum absolute atomic E-state index is 0.0445. The van der Waals surface area contributed by atoms with Crippen LogP contribution in [0.25, 0.3) is 0 Å². The molecular formula is C15H23NO3. The monoisotopic (exact) mass is 265 g/mol. The van der Waals surface area contributed by atoms with Gasteiger partial charge >= 0.3 is 0 Å². The van der Waals surface area contributed by atoms with Gasteiger partial charge in [0.25, 0.3) is 0 Å². The van der Waals surface area contributed by atoms with Gasteiger partial charge in [-0.1, -0.05) is 32.9 Å². The molecule has 0 saturated carbocycles. The van der Waals surface area contributed by atoms with Crippen LogP contribution in [0.2, 0.25) is 0 Å². The van der Waals surface area contributed by atoms with E-state index in [1.807, 2.05) is 39.0 Å². The van der Waals surface area contributed by atoms with Crippen LogP contribution in [0.5, 0.6) is 5.75 Å². The smallest absolute Gasteiger partial charge is 0.225 e. The van der Waals surface area contributed by atoms with Gasteiger partial charge in [0.05, 0.1) is 13.2 Å². The highest BCUT2D eigenvalue weighted by atomic mass is 16.5. The fourth-order valence-corrected chi connectivity index (χ4v) is 1.56. The molecule has 1 rings (SSSR count). The molecule has 4 nitrogen and oxygen atoms in total. The largest absolute Gasteiger partial charge is 0.497 e. The van der Waals surface area contributed by atoms with Crippen LogP contribution < -0.4 is 10.1 Å². The highest BCUT2D eigenvalue weighted by Crippen LogP contribution is 2.21. The molecular weight excluding hydrogens is 242 g/mol. The summed E-state index contributed by atoms with van der Waals surface area (Å²) in [4.78, 5) is 11.9. The van der Waals surface area contributed by atoms with Gasteiger partial charge in [0, 0.05) is 12.0 Å². The molecule has 2 N–H and O–H groups in total. The second-order valence-electron chi connectivity index (χ2n) is 5.24. The van der Waals surface area contributed by atoms with Gasteiger partial charge in [-0.3, -0.25) is 4.79 Å². The highest BCUT2D eigenvalue weighted by Gasteiger charge is 2.25. The number of amides is 1. The first kappa shape index (κ1) is 15.5. The predicted molar refractivity (Wildman–Crippen MR) is 75.0 cm³/mol. The molecule has 0 aliphatic rings. The van der Waals surface area contributed by atoms with E-state index in [2.05, 4.69) is 5.32 Å². The van der Waals surface area contributed by atoms with Crippen molar-refractivity contribution in [2.24, 2.45) is 5.41 Å². The molecule has 0 aliphatic carbocycles. The van der Waals surface area contributed by atoms with E-state index in [1.165, 1.54) is 0 Å². The van der Waals surface area contributed by atoms with Crippen molar-refractivity contribution >= 4 is 5.91 Å². The van der Waals surface area contributed by atoms with E-state index in [-0.39, 0.29) is 12.5 Å². The lowest BCUT2D eigenvalue weighted by Crippen LogP contribution is -2.38. The first-order chi connectivity index (χ1) is 8.90. The summed E-state index contributed by atoms with van der Waals surface area (Å²) in [7, 11) is 1.58. The SMILES string of the molecule is CCC(C)(C)C(=O)NCC(O)c1cccc(OC)c1. The maximum absolute atomic E-state index is 11.9. The van der Waals surface area contributed by atoms with Gasteiger partial charge in [0.15, 0.2) is 0 Å². The minimum Gasteiger partial charge on any atom is -0.497 e. The summed E-state index contributed by atoms with van der Waals surface area (Å²) in [5, 5.41) is 12.8. The standard InChI is InChI=1S/C15H23NO3/c1-5-15(2,3)14(18)16-10-13(17)11-7-6-8-12(9-11)19-4/h6-9,13,17H,5,10H2,1-4H3,(H,16,18). The molecule has 0 spiro atoms. The average Bonchev–Trinajstić information content (AvgIpc) is 2.44. The Morgan fingerprint density at radius 2 is 2.16 bits per heavy atom. The molecule has 1 aromatic rings. The zero-order chi connectivity index (χ0) is 14.5. The minimum atomic E-state index is -0.730. The van der Waals surface area contributed by atoms with Crippen LogP contribution in [0.1, 0.15) is 38.9 Å². The van der Waals surface area contributed by atoms with Crippen LogP contribution in [0.3, 0.4) is 0 Å². The number of rotatable bonds is 6. The quantitative estimate of drug-likeness (QED) is 0.829. The van der Waals surface area contributed by atoms with Gasteiger partial charge < -0.3 is 15.2 Å². The maximum Gasteiger partial charge on any atom is 0.225 e. The van der Waals surface area contributed by atoms with Crippen molar-refractivity contribution in [3.8, 4) is 5.75 Å². The Hall–Kier alpha value is -1.55. The topological polar surface area (TPSA) is 58.6 Å². The molecule has 106 valence electrons. The van der Waals surface area contributed by atoms with Gasteiger partial charge in [0.1, 0.15) is 5.75 Å². The molecule has 4 heteroatoms. The lowest BCUT2D eigenvalue weighted by atomic mass is 9.89. The molecule has 0 bridgehead atoms. The number of aliphatic hydroxyl groups is 1. The Morgan fingerprint density at radius 3 is 2.74 bits per heavy atom. The lowest BCUT2D eigenvalue weighted by Gasteiger charge is -2.22. The number of nitrogens with one attached hydrogen (secondary N) is 1. The van der Waals surface area contributed by atoms with Crippen molar-refractivity contribution in [3.63, 3.8) is 0 Å². The molecule has 1 unspecified atom stereocenters. The molecule has 0 aliphatic heterocycles. The van der Waals surface area contributed by atoms with E-state index in [0.717, 1.165) is 12.0 Å². The Kier molecular flexibility index (Phi) is 5.36. The van der Waals surface area contributed by atoms with Crippen LogP contribution in [0, 0.1) is 5.41 Å². The number of hydrogen-bond acceptors (Lipinski definition) is 3. The number of carbonyl (C=O) groups excluding carboxylic acids is 1. The Labute approximate surface area is 114 Å². The summed E-state index contributed by atoms with van der Waals surface area (Å²) in [5.74, 6) is 0.647. The Morgan fingerprint density at radius 1 is 1.47 bits per heavy atom. The van der Waals surface area contributed by atoms with Gasteiger partial charge in [-0.15, -0.1) is 0 Å². The molecule has 19 heavy (non-hydrogen) atoms. The van der Waals surface area contributed by atoms with E-state index in [9.17, 15) is 9.90 Å². The third-order valence-corrected chi connectivity index (χ3v) is 3.43. The van der Waals surface area contributed by atoms with Gasteiger partial charge in [-0.25, -0.2) is 0 Å². The molecule has 1 atom stereocenters. The molecule has 0 radical (unpaired) electrons. The van der Waals surface area contributed by atoms with Crippen molar-refractivity contribution in [1.29, 1.82) is 0 Å². The first-order valence-electron chi connectivity index (χ1n) is 6.51. The third-order valence-electron chi connectivity index (χ3n) is 3.43. The molecule has 1 amide bonds. The number of methoxy groups -OCH3 is 1. The molecule has 0 aromatic heterocycles. The lowest BCUT2D eigenvalue weighted by molar-refractivity contribution is -0.130. The third kappa shape index (κ3) is 4.24. The summed E-state index contributed by atoms with van der Waals surface area (Å²) in [6.07, 6.45) is 0.0281. The summed E-state index contributed by atoms with van der Waals surface area (Å²) >= 11 is 0. The molecule has 0 fully saturated rings. The summed E-state index contributed by atoms with van der Waals surface area (Å²) in [5.41, 5.74) is 0.322. The second-order valence-corrected chi connectivity index (χ2v) is 5.24. The van der Waals surface area contributed by atoms with Crippen molar-refractivity contribution in [1.82, 2.24) is 5.32 Å². The maximum atomic E-state index is 11.9. The molecule has 0 heterocycles. The predicted octanol–water partition coefficient (Wildman–Crippen LogP) is 2.28. The molecule has 1 aromatic carbocycles. The van der Waals surface area contributed by atoms with Crippen LogP contribution in [0.15, 0.2) is 24.3 Å². The molecule has 0 saturated heterocycles. The van der Waals surface area contributed by atoms with E-state index in [0.29, 0.717) is 5.75 Å². The van der Waals surface area contributed by atoms with Crippen molar-refractivity contribution in [2.75, 3.05) is 13.7 Å². The Bertz CT molecular complexity index is 429. The Balaban J connectivity index is 2.60. The van der Waals surface area contributed by atoms with E-state index in [4.69, 9.17) is 4.74 Å². The van der Waals surface area contributed by atoms with E-state index < -0.39 is 11.5 Å². The summed E-state index contributed by atoms with van der Waals surface area (Å²) in [6.45, 7) is 5.95. The second kappa shape index (κ2) is 6.57. The van der Waals surface area contributed by atoms with Gasteiger partial charge in [-0.2, -0.15) is 0 Å². The fourth-order valence-electron chi connectivity index (χ4n) is 1.56. The van der Waals surface area contributed by atoms with Crippen molar-refractivity contribution < 1.29 is 14.6 Å². The fraction of sp³-hybridized carbons (Fsp3) is 0.533.